The molecule has 3 rings (SSSR count). The monoisotopic (exact) mass is 335 g/mol. The summed E-state index contributed by atoms with van der Waals surface area (Å²) in [4.78, 5) is 24.4. The second-order valence-electron chi connectivity index (χ2n) is 5.37. The van der Waals surface area contributed by atoms with Crippen LogP contribution < -0.4 is 15.8 Å². The third-order valence-corrected chi connectivity index (χ3v) is 3.36. The van der Waals surface area contributed by atoms with E-state index >= 15 is 0 Å². The van der Waals surface area contributed by atoms with Crippen molar-refractivity contribution in [3.63, 3.8) is 0 Å². The van der Waals surface area contributed by atoms with Crippen LogP contribution in [-0.4, -0.2) is 20.9 Å². The van der Waals surface area contributed by atoms with E-state index in [0.717, 1.165) is 11.3 Å². The lowest BCUT2D eigenvalue weighted by molar-refractivity contribution is 0.102. The van der Waals surface area contributed by atoms with Crippen molar-refractivity contribution >= 4 is 11.6 Å². The Morgan fingerprint density at radius 1 is 1.20 bits per heavy atom. The number of benzene rings is 1. The Morgan fingerprint density at radius 2 is 2.00 bits per heavy atom. The fourth-order valence-electron chi connectivity index (χ4n) is 2.27. The number of hydrogen-bond acceptors (Lipinski definition) is 6. The smallest absolute Gasteiger partial charge is 0.255 e. The molecule has 0 aliphatic carbocycles. The first-order chi connectivity index (χ1) is 12.1. The van der Waals surface area contributed by atoms with E-state index in [0.29, 0.717) is 29.4 Å². The highest BCUT2D eigenvalue weighted by Crippen LogP contribution is 2.22. The molecule has 0 aliphatic heterocycles. The topological polar surface area (TPSA) is 103 Å². The summed E-state index contributed by atoms with van der Waals surface area (Å²) in [5, 5.41) is 2.73. The number of hydrogen-bond donors (Lipinski definition) is 2. The maximum atomic E-state index is 12.3. The number of nitrogens with zero attached hydrogens (tertiary/aromatic N) is 3. The van der Waals surface area contributed by atoms with Crippen LogP contribution in [0.4, 0.5) is 5.69 Å². The Kier molecular flexibility index (Phi) is 4.96. The highest BCUT2D eigenvalue weighted by Gasteiger charge is 2.09. The van der Waals surface area contributed by atoms with Crippen molar-refractivity contribution in [2.24, 2.45) is 5.73 Å². The number of aromatic nitrogens is 3. The number of pyridine rings is 1. The minimum atomic E-state index is -0.278. The number of anilines is 1. The normalized spacial score (nSPS) is 10.3. The zero-order valence-corrected chi connectivity index (χ0v) is 13.6. The molecule has 126 valence electrons. The first-order valence-electron chi connectivity index (χ1n) is 7.66. The molecule has 0 bridgehead atoms. The Morgan fingerprint density at radius 3 is 2.76 bits per heavy atom. The SMILES string of the molecule is Cc1cc(CN)cc(Oc2cccc(C(=O)Nc3cncnc3)c2)n1. The molecule has 0 saturated heterocycles. The first-order valence-corrected chi connectivity index (χ1v) is 7.66. The zero-order valence-electron chi connectivity index (χ0n) is 13.6. The summed E-state index contributed by atoms with van der Waals surface area (Å²) < 4.78 is 5.77. The van der Waals surface area contributed by atoms with E-state index in [2.05, 4.69) is 20.3 Å². The summed E-state index contributed by atoms with van der Waals surface area (Å²) in [5.41, 5.74) is 8.39. The molecule has 0 unspecified atom stereocenters. The van der Waals surface area contributed by atoms with Gasteiger partial charge in [-0.05, 0) is 36.8 Å². The molecule has 25 heavy (non-hydrogen) atoms. The quantitative estimate of drug-likeness (QED) is 0.743. The second-order valence-corrected chi connectivity index (χ2v) is 5.37. The molecule has 3 aromatic rings. The van der Waals surface area contributed by atoms with Gasteiger partial charge in [0.1, 0.15) is 12.1 Å². The number of amides is 1. The lowest BCUT2D eigenvalue weighted by Crippen LogP contribution is -2.12. The van der Waals surface area contributed by atoms with Gasteiger partial charge in [0.15, 0.2) is 0 Å². The summed E-state index contributed by atoms with van der Waals surface area (Å²) in [7, 11) is 0. The number of aryl methyl sites for hydroxylation is 1. The lowest BCUT2D eigenvalue weighted by Gasteiger charge is -2.09. The maximum absolute atomic E-state index is 12.3. The molecule has 3 N–H and O–H groups in total. The van der Waals surface area contributed by atoms with Crippen molar-refractivity contribution in [3.8, 4) is 11.6 Å². The summed E-state index contributed by atoms with van der Waals surface area (Å²) >= 11 is 0. The van der Waals surface area contributed by atoms with Crippen molar-refractivity contribution in [3.05, 3.63) is 71.9 Å². The standard InChI is InChI=1S/C18H17N5O2/c1-12-5-13(8-19)6-17(22-12)25-16-4-2-3-14(7-16)18(24)23-15-9-20-11-21-10-15/h2-7,9-11H,8,19H2,1H3,(H,23,24). The van der Waals surface area contributed by atoms with Gasteiger partial charge in [0.25, 0.3) is 5.91 Å². The zero-order chi connectivity index (χ0) is 17.6. The van der Waals surface area contributed by atoms with Crippen molar-refractivity contribution in [1.82, 2.24) is 15.0 Å². The van der Waals surface area contributed by atoms with E-state index in [1.54, 1.807) is 30.3 Å². The molecule has 0 atom stereocenters. The molecule has 0 spiro atoms. The largest absolute Gasteiger partial charge is 0.439 e. The summed E-state index contributed by atoms with van der Waals surface area (Å²) in [6.07, 6.45) is 4.45. The number of carbonyl (C=O) groups excluding carboxylic acids is 1. The van der Waals surface area contributed by atoms with Crippen LogP contribution in [0.15, 0.2) is 55.1 Å². The third-order valence-electron chi connectivity index (χ3n) is 3.36. The Hall–Kier alpha value is -3.32. The lowest BCUT2D eigenvalue weighted by atomic mass is 10.2. The molecule has 2 heterocycles. The van der Waals surface area contributed by atoms with E-state index in [-0.39, 0.29) is 5.91 Å². The fraction of sp³-hybridized carbons (Fsp3) is 0.111. The van der Waals surface area contributed by atoms with Crippen LogP contribution in [0.2, 0.25) is 0 Å². The average Bonchev–Trinajstić information content (AvgIpc) is 2.62. The molecule has 7 nitrogen and oxygen atoms in total. The average molecular weight is 335 g/mol. The van der Waals surface area contributed by atoms with Crippen LogP contribution >= 0.6 is 0 Å². The van der Waals surface area contributed by atoms with Gasteiger partial charge >= 0.3 is 0 Å². The van der Waals surface area contributed by atoms with Gasteiger partial charge < -0.3 is 15.8 Å². The molecule has 0 aliphatic rings. The highest BCUT2D eigenvalue weighted by molar-refractivity contribution is 6.04. The number of ether oxygens (including phenoxy) is 1. The number of carbonyl (C=O) groups is 1. The Balaban J connectivity index is 1.77. The Labute approximate surface area is 144 Å². The molecular formula is C18H17N5O2. The summed E-state index contributed by atoms with van der Waals surface area (Å²) in [5.74, 6) is 0.674. The molecule has 1 aromatic carbocycles. The number of nitrogens with one attached hydrogen (secondary N) is 1. The Bertz CT molecular complexity index is 884. The third kappa shape index (κ3) is 4.36. The second kappa shape index (κ2) is 7.50. The van der Waals surface area contributed by atoms with Crippen LogP contribution in [0.25, 0.3) is 0 Å². The van der Waals surface area contributed by atoms with Crippen LogP contribution in [0.3, 0.4) is 0 Å². The van der Waals surface area contributed by atoms with Crippen LogP contribution in [0.5, 0.6) is 11.6 Å². The van der Waals surface area contributed by atoms with Crippen molar-refractivity contribution in [1.29, 1.82) is 0 Å². The first kappa shape index (κ1) is 16.5. The summed E-state index contributed by atoms with van der Waals surface area (Å²) in [6.45, 7) is 2.28. The van der Waals surface area contributed by atoms with Gasteiger partial charge in [-0.15, -0.1) is 0 Å². The summed E-state index contributed by atoms with van der Waals surface area (Å²) in [6, 6.07) is 10.5. The van der Waals surface area contributed by atoms with E-state index in [1.807, 2.05) is 13.0 Å². The minimum Gasteiger partial charge on any atom is -0.439 e. The van der Waals surface area contributed by atoms with E-state index in [9.17, 15) is 4.79 Å². The van der Waals surface area contributed by atoms with Crippen LogP contribution in [0, 0.1) is 6.92 Å². The van der Waals surface area contributed by atoms with E-state index in [1.165, 1.54) is 18.7 Å². The number of rotatable bonds is 5. The van der Waals surface area contributed by atoms with Crippen molar-refractivity contribution < 1.29 is 9.53 Å². The molecule has 0 fully saturated rings. The van der Waals surface area contributed by atoms with Gasteiger partial charge in [0.2, 0.25) is 5.88 Å². The van der Waals surface area contributed by atoms with Crippen molar-refractivity contribution in [2.75, 3.05) is 5.32 Å². The van der Waals surface area contributed by atoms with Crippen LogP contribution in [0.1, 0.15) is 21.6 Å². The molecule has 7 heteroatoms. The highest BCUT2D eigenvalue weighted by atomic mass is 16.5. The fourth-order valence-corrected chi connectivity index (χ4v) is 2.27. The predicted octanol–water partition coefficient (Wildman–Crippen LogP) is 2.68. The maximum Gasteiger partial charge on any atom is 0.255 e. The van der Waals surface area contributed by atoms with Gasteiger partial charge in [0, 0.05) is 23.9 Å². The van der Waals surface area contributed by atoms with Gasteiger partial charge in [0.05, 0.1) is 18.1 Å². The number of nitrogens with two attached hydrogens (primary N) is 1. The predicted molar refractivity (Wildman–Crippen MR) is 93.4 cm³/mol. The molecule has 0 saturated carbocycles. The van der Waals surface area contributed by atoms with Crippen molar-refractivity contribution in [2.45, 2.75) is 13.5 Å². The molecule has 0 radical (unpaired) electrons. The molecular weight excluding hydrogens is 318 g/mol. The van der Waals surface area contributed by atoms with Crippen LogP contribution in [-0.2, 0) is 6.54 Å². The van der Waals surface area contributed by atoms with Gasteiger partial charge in [-0.2, -0.15) is 0 Å². The minimum absolute atomic E-state index is 0.278. The molecule has 1 amide bonds. The molecule has 2 aromatic heterocycles. The van der Waals surface area contributed by atoms with E-state index in [4.69, 9.17) is 10.5 Å². The van der Waals surface area contributed by atoms with Gasteiger partial charge in [-0.3, -0.25) is 4.79 Å². The van der Waals surface area contributed by atoms with Gasteiger partial charge in [-0.25, -0.2) is 15.0 Å². The van der Waals surface area contributed by atoms with Gasteiger partial charge in [-0.1, -0.05) is 6.07 Å². The van der Waals surface area contributed by atoms with E-state index < -0.39 is 0 Å².